The van der Waals surface area contributed by atoms with Crippen LogP contribution in [0, 0.1) is 11.3 Å². The molecule has 3 amide bonds. The summed E-state index contributed by atoms with van der Waals surface area (Å²) in [4.78, 5) is 34.9. The van der Waals surface area contributed by atoms with Gasteiger partial charge in [-0.05, 0) is 37.1 Å². The van der Waals surface area contributed by atoms with Crippen molar-refractivity contribution in [3.8, 4) is 17.6 Å². The fraction of sp³-hybridized carbons (Fsp3) is 0.238. The summed E-state index contributed by atoms with van der Waals surface area (Å²) in [6.07, 6.45) is 0.126. The SMILES string of the molecule is CCOC(=O)NC(=O)C(C#N)NNc1cc(Cl)c(Oc2ccc3c(c2)NC(=O)CC3)c(Cl)c1. The average Bonchev–Trinajstić information content (AvgIpc) is 2.76. The fourth-order valence-corrected chi connectivity index (χ4v) is 3.48. The lowest BCUT2D eigenvalue weighted by atomic mass is 10.0. The van der Waals surface area contributed by atoms with Crippen molar-refractivity contribution in [1.82, 2.24) is 10.7 Å². The van der Waals surface area contributed by atoms with Crippen LogP contribution in [0.2, 0.25) is 10.0 Å². The highest BCUT2D eigenvalue weighted by Gasteiger charge is 2.21. The van der Waals surface area contributed by atoms with E-state index in [-0.39, 0.29) is 28.3 Å². The van der Waals surface area contributed by atoms with Gasteiger partial charge in [-0.2, -0.15) is 5.26 Å². The first kappa shape index (κ1) is 24.1. The molecule has 0 saturated carbocycles. The lowest BCUT2D eigenvalue weighted by Crippen LogP contribution is -2.47. The normalized spacial score (nSPS) is 13.1. The number of hydrogen-bond acceptors (Lipinski definition) is 8. The van der Waals surface area contributed by atoms with E-state index in [4.69, 9.17) is 27.9 Å². The minimum atomic E-state index is -1.41. The van der Waals surface area contributed by atoms with Gasteiger partial charge in [-0.1, -0.05) is 29.3 Å². The first-order valence-corrected chi connectivity index (χ1v) is 10.5. The quantitative estimate of drug-likeness (QED) is 0.429. The summed E-state index contributed by atoms with van der Waals surface area (Å²) < 4.78 is 10.4. The number of amides is 3. The summed E-state index contributed by atoms with van der Waals surface area (Å²) in [6, 6.07) is 8.52. The molecule has 0 saturated heterocycles. The second-order valence-corrected chi connectivity index (χ2v) is 7.59. The predicted octanol–water partition coefficient (Wildman–Crippen LogP) is 3.75. The van der Waals surface area contributed by atoms with Crippen LogP contribution in [0.3, 0.4) is 0 Å². The molecule has 172 valence electrons. The highest BCUT2D eigenvalue weighted by atomic mass is 35.5. The maximum atomic E-state index is 12.0. The standard InChI is InChI=1S/C21H19Cl2N5O5/c1-2-32-21(31)26-20(30)17(10-24)28-27-12-7-14(22)19(15(23)8-12)33-13-5-3-11-4-6-18(29)25-16(11)9-13/h3,5,7-9,17,27-28H,2,4,6H2,1H3,(H,25,29)(H,26,30,31). The molecule has 12 heteroatoms. The molecule has 4 N–H and O–H groups in total. The second-order valence-electron chi connectivity index (χ2n) is 6.78. The van der Waals surface area contributed by atoms with Gasteiger partial charge in [0.05, 0.1) is 28.4 Å². The van der Waals surface area contributed by atoms with Crippen molar-refractivity contribution in [3.63, 3.8) is 0 Å². The minimum Gasteiger partial charge on any atom is -0.454 e. The van der Waals surface area contributed by atoms with Gasteiger partial charge in [0, 0.05) is 18.2 Å². The van der Waals surface area contributed by atoms with Crippen molar-refractivity contribution >= 4 is 52.5 Å². The van der Waals surface area contributed by atoms with Gasteiger partial charge in [-0.3, -0.25) is 14.9 Å². The summed E-state index contributed by atoms with van der Waals surface area (Å²) in [5.74, 6) is -0.355. The molecule has 0 bridgehead atoms. The van der Waals surface area contributed by atoms with Crippen molar-refractivity contribution < 1.29 is 23.9 Å². The average molecular weight is 492 g/mol. The number of ether oxygens (including phenoxy) is 2. The van der Waals surface area contributed by atoms with Gasteiger partial charge >= 0.3 is 6.09 Å². The number of benzene rings is 2. The Morgan fingerprint density at radius 3 is 2.61 bits per heavy atom. The van der Waals surface area contributed by atoms with E-state index in [9.17, 15) is 19.6 Å². The fourth-order valence-electron chi connectivity index (χ4n) is 2.91. The summed E-state index contributed by atoms with van der Waals surface area (Å²) in [7, 11) is 0. The second kappa shape index (κ2) is 10.9. The molecule has 1 aliphatic heterocycles. The van der Waals surface area contributed by atoms with E-state index < -0.39 is 18.0 Å². The number of anilines is 2. The number of nitrogens with one attached hydrogen (secondary N) is 4. The number of hydrazine groups is 1. The number of fused-ring (bicyclic) bond motifs is 1. The van der Waals surface area contributed by atoms with Gasteiger partial charge in [-0.25, -0.2) is 10.2 Å². The van der Waals surface area contributed by atoms with Gasteiger partial charge < -0.3 is 20.2 Å². The predicted molar refractivity (Wildman–Crippen MR) is 121 cm³/mol. The Hall–Kier alpha value is -3.52. The van der Waals surface area contributed by atoms with E-state index >= 15 is 0 Å². The molecule has 10 nitrogen and oxygen atoms in total. The van der Waals surface area contributed by atoms with Crippen molar-refractivity contribution in [2.75, 3.05) is 17.3 Å². The first-order chi connectivity index (χ1) is 15.8. The van der Waals surface area contributed by atoms with Gasteiger partial charge in [-0.15, -0.1) is 0 Å². The van der Waals surface area contributed by atoms with Crippen molar-refractivity contribution in [3.05, 3.63) is 45.9 Å². The third-order valence-corrected chi connectivity index (χ3v) is 5.01. The maximum Gasteiger partial charge on any atom is 0.413 e. The highest BCUT2D eigenvalue weighted by Crippen LogP contribution is 2.40. The van der Waals surface area contributed by atoms with Crippen LogP contribution in [0.4, 0.5) is 16.2 Å². The zero-order valence-corrected chi connectivity index (χ0v) is 18.8. The van der Waals surface area contributed by atoms with Gasteiger partial charge in [0.1, 0.15) is 5.75 Å². The molecule has 1 aliphatic rings. The third-order valence-electron chi connectivity index (χ3n) is 4.45. The number of aryl methyl sites for hydroxylation is 1. The van der Waals surface area contributed by atoms with Crippen LogP contribution >= 0.6 is 23.2 Å². The summed E-state index contributed by atoms with van der Waals surface area (Å²) in [6.45, 7) is 1.66. The van der Waals surface area contributed by atoms with Crippen LogP contribution in [-0.2, 0) is 20.7 Å². The number of nitriles is 1. The number of rotatable bonds is 7. The molecule has 1 heterocycles. The van der Waals surface area contributed by atoms with E-state index in [0.717, 1.165) is 5.56 Å². The monoisotopic (exact) mass is 491 g/mol. The van der Waals surface area contributed by atoms with E-state index in [1.54, 1.807) is 25.1 Å². The third kappa shape index (κ3) is 6.26. The van der Waals surface area contributed by atoms with Crippen molar-refractivity contribution in [2.24, 2.45) is 0 Å². The van der Waals surface area contributed by atoms with Gasteiger partial charge in [0.2, 0.25) is 5.91 Å². The number of hydrogen-bond donors (Lipinski definition) is 4. The molecule has 2 aromatic rings. The van der Waals surface area contributed by atoms with E-state index in [2.05, 4.69) is 20.9 Å². The first-order valence-electron chi connectivity index (χ1n) is 9.79. The minimum absolute atomic E-state index is 0.0646. The van der Waals surface area contributed by atoms with E-state index in [1.165, 1.54) is 12.1 Å². The molecule has 0 spiro atoms. The Balaban J connectivity index is 1.67. The Labute approximate surface area is 199 Å². The number of carbonyl (C=O) groups excluding carboxylic acids is 3. The largest absolute Gasteiger partial charge is 0.454 e. The molecule has 33 heavy (non-hydrogen) atoms. The van der Waals surface area contributed by atoms with E-state index in [1.807, 2.05) is 11.4 Å². The van der Waals surface area contributed by atoms with Crippen molar-refractivity contribution in [1.29, 1.82) is 5.26 Å². The van der Waals surface area contributed by atoms with Gasteiger partial charge in [0.25, 0.3) is 5.91 Å². The molecule has 1 atom stereocenters. The van der Waals surface area contributed by atoms with Crippen molar-refractivity contribution in [2.45, 2.75) is 25.8 Å². The molecule has 3 rings (SSSR count). The zero-order valence-electron chi connectivity index (χ0n) is 17.3. The summed E-state index contributed by atoms with van der Waals surface area (Å²) >= 11 is 12.6. The molecular weight excluding hydrogens is 473 g/mol. The Kier molecular flexibility index (Phi) is 7.95. The molecule has 0 aliphatic carbocycles. The summed E-state index contributed by atoms with van der Waals surface area (Å²) in [5.41, 5.74) is 7.11. The summed E-state index contributed by atoms with van der Waals surface area (Å²) in [5, 5.41) is 14.2. The van der Waals surface area contributed by atoms with Gasteiger partial charge in [0.15, 0.2) is 11.8 Å². The Morgan fingerprint density at radius 1 is 1.21 bits per heavy atom. The number of halogens is 2. The van der Waals surface area contributed by atoms with Crippen LogP contribution in [0.25, 0.3) is 0 Å². The molecule has 2 aromatic carbocycles. The lowest BCUT2D eigenvalue weighted by molar-refractivity contribution is -0.121. The van der Waals surface area contributed by atoms with Crippen LogP contribution in [0.5, 0.6) is 11.5 Å². The molecule has 0 fully saturated rings. The molecule has 0 aromatic heterocycles. The molecule has 1 unspecified atom stereocenters. The van der Waals surface area contributed by atoms with Crippen LogP contribution in [0.1, 0.15) is 18.9 Å². The number of nitrogens with zero attached hydrogens (tertiary/aromatic N) is 1. The topological polar surface area (TPSA) is 142 Å². The number of imide groups is 1. The highest BCUT2D eigenvalue weighted by molar-refractivity contribution is 6.37. The van der Waals surface area contributed by atoms with Crippen LogP contribution in [-0.4, -0.2) is 30.6 Å². The smallest absolute Gasteiger partial charge is 0.413 e. The van der Waals surface area contributed by atoms with Crippen LogP contribution in [0.15, 0.2) is 30.3 Å². The van der Waals surface area contributed by atoms with E-state index in [0.29, 0.717) is 30.0 Å². The maximum absolute atomic E-state index is 12.0. The number of carbonyl (C=O) groups is 3. The molecular formula is C21H19Cl2N5O5. The lowest BCUT2D eigenvalue weighted by Gasteiger charge is -2.18. The molecule has 0 radical (unpaired) electrons. The van der Waals surface area contributed by atoms with Crippen LogP contribution < -0.4 is 26.2 Å². The zero-order chi connectivity index (χ0) is 24.0. The Bertz CT molecular complexity index is 1110. The Morgan fingerprint density at radius 2 is 1.94 bits per heavy atom. The number of alkyl carbamates (subject to hydrolysis) is 1.